The third-order valence-corrected chi connectivity index (χ3v) is 3.35. The van der Waals surface area contributed by atoms with Crippen molar-refractivity contribution in [1.29, 1.82) is 0 Å². The van der Waals surface area contributed by atoms with E-state index >= 15 is 0 Å². The molecule has 0 aliphatic carbocycles. The van der Waals surface area contributed by atoms with Crippen molar-refractivity contribution in [1.82, 2.24) is 4.90 Å². The summed E-state index contributed by atoms with van der Waals surface area (Å²) in [5.74, 6) is -0.795. The molecular formula is C13H17F2N3. The molecule has 3 nitrogen and oxygen atoms in total. The summed E-state index contributed by atoms with van der Waals surface area (Å²) >= 11 is 0. The number of nitrogens with two attached hydrogens (primary N) is 1. The fraction of sp³-hybridized carbons (Fsp3) is 0.462. The molecular weight excluding hydrogens is 236 g/mol. The first kappa shape index (κ1) is 12.8. The van der Waals surface area contributed by atoms with Crippen LogP contribution >= 0.6 is 0 Å². The quantitative estimate of drug-likeness (QED) is 0.878. The van der Waals surface area contributed by atoms with Gasteiger partial charge >= 0.3 is 0 Å². The zero-order valence-electron chi connectivity index (χ0n) is 10.7. The fourth-order valence-electron chi connectivity index (χ4n) is 2.69. The molecule has 0 amide bonds. The molecule has 0 saturated heterocycles. The highest BCUT2D eigenvalue weighted by atomic mass is 19.1. The molecule has 2 rings (SSSR count). The molecule has 1 aromatic carbocycles. The van der Waals surface area contributed by atoms with Crippen LogP contribution in [0.4, 0.5) is 8.78 Å². The van der Waals surface area contributed by atoms with Crippen molar-refractivity contribution in [2.24, 2.45) is 10.7 Å². The molecule has 1 aromatic rings. The first-order valence-electron chi connectivity index (χ1n) is 5.91. The normalized spacial score (nSPS) is 23.7. The molecule has 98 valence electrons. The van der Waals surface area contributed by atoms with Crippen molar-refractivity contribution in [2.75, 3.05) is 6.54 Å². The standard InChI is InChI=1S/C13H17F2N3/c1-8(2)18-12(16)17-7-13(18,3)11-9(14)5-4-6-10(11)15/h4-6,8H,7H2,1-3H3,(H2,16,17). The Morgan fingerprint density at radius 2 is 1.89 bits per heavy atom. The van der Waals surface area contributed by atoms with Gasteiger partial charge in [0.15, 0.2) is 5.96 Å². The zero-order valence-corrected chi connectivity index (χ0v) is 10.7. The maximum Gasteiger partial charge on any atom is 0.192 e. The van der Waals surface area contributed by atoms with Gasteiger partial charge in [0.1, 0.15) is 11.6 Å². The van der Waals surface area contributed by atoms with Crippen LogP contribution in [0.25, 0.3) is 0 Å². The summed E-state index contributed by atoms with van der Waals surface area (Å²) < 4.78 is 27.9. The second kappa shape index (κ2) is 4.23. The fourth-order valence-corrected chi connectivity index (χ4v) is 2.69. The number of halogens is 2. The van der Waals surface area contributed by atoms with Gasteiger partial charge in [-0.1, -0.05) is 6.07 Å². The van der Waals surface area contributed by atoms with Crippen molar-refractivity contribution in [3.63, 3.8) is 0 Å². The number of nitrogens with zero attached hydrogens (tertiary/aromatic N) is 2. The molecule has 2 N–H and O–H groups in total. The van der Waals surface area contributed by atoms with Gasteiger partial charge in [-0.25, -0.2) is 8.78 Å². The Balaban J connectivity index is 2.56. The van der Waals surface area contributed by atoms with Gasteiger partial charge in [0.2, 0.25) is 0 Å². The van der Waals surface area contributed by atoms with Crippen molar-refractivity contribution < 1.29 is 8.78 Å². The molecule has 0 saturated carbocycles. The van der Waals surface area contributed by atoms with Crippen molar-refractivity contribution in [3.8, 4) is 0 Å². The number of rotatable bonds is 2. The maximum absolute atomic E-state index is 14.0. The van der Waals surface area contributed by atoms with E-state index in [1.807, 2.05) is 13.8 Å². The lowest BCUT2D eigenvalue weighted by Gasteiger charge is -2.39. The van der Waals surface area contributed by atoms with Crippen molar-refractivity contribution >= 4 is 5.96 Å². The molecule has 1 aliphatic heterocycles. The molecule has 1 aliphatic rings. The second-order valence-electron chi connectivity index (χ2n) is 5.01. The van der Waals surface area contributed by atoms with Crippen LogP contribution in [-0.4, -0.2) is 23.4 Å². The van der Waals surface area contributed by atoms with E-state index in [-0.39, 0.29) is 18.2 Å². The van der Waals surface area contributed by atoms with E-state index in [1.54, 1.807) is 11.8 Å². The first-order chi connectivity index (χ1) is 8.38. The largest absolute Gasteiger partial charge is 0.370 e. The van der Waals surface area contributed by atoms with Crippen LogP contribution in [0.3, 0.4) is 0 Å². The SMILES string of the molecule is CC(C)N1C(N)=NCC1(C)c1c(F)cccc1F. The second-order valence-corrected chi connectivity index (χ2v) is 5.01. The van der Waals surface area contributed by atoms with Gasteiger partial charge in [-0.3, -0.25) is 4.99 Å². The molecule has 1 heterocycles. The summed E-state index contributed by atoms with van der Waals surface area (Å²) in [6.45, 7) is 5.86. The van der Waals surface area contributed by atoms with Gasteiger partial charge in [-0.2, -0.15) is 0 Å². The molecule has 0 spiro atoms. The van der Waals surface area contributed by atoms with E-state index in [2.05, 4.69) is 4.99 Å². The van der Waals surface area contributed by atoms with E-state index in [9.17, 15) is 8.78 Å². The highest BCUT2D eigenvalue weighted by Crippen LogP contribution is 2.37. The highest BCUT2D eigenvalue weighted by molar-refractivity contribution is 5.81. The van der Waals surface area contributed by atoms with Gasteiger partial charge in [-0.15, -0.1) is 0 Å². The van der Waals surface area contributed by atoms with Crippen LogP contribution in [0.1, 0.15) is 26.3 Å². The number of guanidine groups is 1. The lowest BCUT2D eigenvalue weighted by atomic mass is 9.89. The van der Waals surface area contributed by atoms with Crippen LogP contribution in [0.5, 0.6) is 0 Å². The van der Waals surface area contributed by atoms with Gasteiger partial charge in [0, 0.05) is 6.04 Å². The van der Waals surface area contributed by atoms with Crippen LogP contribution < -0.4 is 5.73 Å². The Kier molecular flexibility index (Phi) is 3.00. The van der Waals surface area contributed by atoms with Crippen molar-refractivity contribution in [3.05, 3.63) is 35.4 Å². The molecule has 1 unspecified atom stereocenters. The predicted molar refractivity (Wildman–Crippen MR) is 67.2 cm³/mol. The predicted octanol–water partition coefficient (Wildman–Crippen LogP) is 2.22. The van der Waals surface area contributed by atoms with Crippen LogP contribution in [-0.2, 0) is 5.54 Å². The lowest BCUT2D eigenvalue weighted by molar-refractivity contribution is 0.174. The number of aliphatic imine (C=N–C) groups is 1. The summed E-state index contributed by atoms with van der Waals surface area (Å²) in [6, 6.07) is 3.89. The average molecular weight is 253 g/mol. The Morgan fingerprint density at radius 1 is 1.33 bits per heavy atom. The van der Waals surface area contributed by atoms with Crippen LogP contribution in [0.15, 0.2) is 23.2 Å². The summed E-state index contributed by atoms with van der Waals surface area (Å²) in [6.07, 6.45) is 0. The van der Waals surface area contributed by atoms with E-state index in [4.69, 9.17) is 5.73 Å². The lowest BCUT2D eigenvalue weighted by Crippen LogP contribution is -2.51. The molecule has 0 radical (unpaired) electrons. The smallest absolute Gasteiger partial charge is 0.192 e. The molecule has 0 bridgehead atoms. The first-order valence-corrected chi connectivity index (χ1v) is 5.91. The van der Waals surface area contributed by atoms with E-state index in [0.717, 1.165) is 0 Å². The minimum Gasteiger partial charge on any atom is -0.370 e. The minimum absolute atomic E-state index is 0.0141. The zero-order chi connectivity index (χ0) is 13.5. The van der Waals surface area contributed by atoms with Gasteiger partial charge in [0.05, 0.1) is 17.6 Å². The van der Waals surface area contributed by atoms with Gasteiger partial charge < -0.3 is 10.6 Å². The summed E-state index contributed by atoms with van der Waals surface area (Å²) in [4.78, 5) is 5.90. The van der Waals surface area contributed by atoms with Crippen molar-refractivity contribution in [2.45, 2.75) is 32.4 Å². The van der Waals surface area contributed by atoms with Gasteiger partial charge in [0.25, 0.3) is 0 Å². The van der Waals surface area contributed by atoms with Crippen LogP contribution in [0.2, 0.25) is 0 Å². The van der Waals surface area contributed by atoms with Crippen LogP contribution in [0, 0.1) is 11.6 Å². The molecule has 18 heavy (non-hydrogen) atoms. The average Bonchev–Trinajstić information content (AvgIpc) is 2.54. The minimum atomic E-state index is -0.867. The Bertz CT molecular complexity index is 479. The highest BCUT2D eigenvalue weighted by Gasteiger charge is 2.44. The summed E-state index contributed by atoms with van der Waals surface area (Å²) in [5.41, 5.74) is 4.99. The molecule has 0 fully saturated rings. The topological polar surface area (TPSA) is 41.6 Å². The molecule has 0 aromatic heterocycles. The third kappa shape index (κ3) is 1.74. The summed E-state index contributed by atoms with van der Waals surface area (Å²) in [5, 5.41) is 0. The van der Waals surface area contributed by atoms with E-state index in [0.29, 0.717) is 5.96 Å². The molecule has 1 atom stereocenters. The monoisotopic (exact) mass is 253 g/mol. The summed E-state index contributed by atoms with van der Waals surface area (Å²) in [7, 11) is 0. The Morgan fingerprint density at radius 3 is 2.39 bits per heavy atom. The Hall–Kier alpha value is -1.65. The number of hydrogen-bond acceptors (Lipinski definition) is 3. The van der Waals surface area contributed by atoms with Gasteiger partial charge in [-0.05, 0) is 32.9 Å². The number of benzene rings is 1. The molecule has 5 heteroatoms. The maximum atomic E-state index is 14.0. The number of hydrogen-bond donors (Lipinski definition) is 1. The van der Waals surface area contributed by atoms with E-state index < -0.39 is 17.2 Å². The van der Waals surface area contributed by atoms with E-state index in [1.165, 1.54) is 18.2 Å². The third-order valence-electron chi connectivity index (χ3n) is 3.35. The Labute approximate surface area is 105 Å².